The van der Waals surface area contributed by atoms with Crippen LogP contribution in [0.15, 0.2) is 54.6 Å². The van der Waals surface area contributed by atoms with E-state index in [1.807, 2.05) is 32.9 Å². The summed E-state index contributed by atoms with van der Waals surface area (Å²) in [5, 5.41) is 1.97. The van der Waals surface area contributed by atoms with Crippen molar-refractivity contribution in [2.75, 3.05) is 7.11 Å². The Balaban J connectivity index is 1.20. The highest BCUT2D eigenvalue weighted by atomic mass is 16.5. The zero-order valence-electron chi connectivity index (χ0n) is 34.9. The van der Waals surface area contributed by atoms with Gasteiger partial charge < -0.3 is 14.2 Å². The molecule has 0 bridgehead atoms. The van der Waals surface area contributed by atoms with Gasteiger partial charge in [-0.25, -0.2) is 0 Å². The van der Waals surface area contributed by atoms with Gasteiger partial charge >= 0.3 is 5.97 Å². The van der Waals surface area contributed by atoms with Crippen molar-refractivity contribution < 1.29 is 33.4 Å². The summed E-state index contributed by atoms with van der Waals surface area (Å²) in [5.74, 6) is 0.973. The Morgan fingerprint density at radius 1 is 0.946 bits per heavy atom. The maximum atomic E-state index is 14.9. The molecule has 2 aromatic carbocycles. The molecule has 0 aliphatic heterocycles. The van der Waals surface area contributed by atoms with Crippen LogP contribution in [0.3, 0.4) is 0 Å². The van der Waals surface area contributed by atoms with E-state index in [2.05, 4.69) is 51.6 Å². The van der Waals surface area contributed by atoms with Crippen molar-refractivity contribution >= 4 is 39.7 Å². The van der Waals surface area contributed by atoms with Crippen molar-refractivity contribution in [3.05, 3.63) is 65.8 Å². The number of methoxy groups -OCH3 is 1. The molecule has 0 radical (unpaired) electrons. The number of benzene rings is 2. The first-order chi connectivity index (χ1) is 26.5. The number of rotatable bonds is 16. The molecule has 0 spiro atoms. The van der Waals surface area contributed by atoms with E-state index in [0.717, 1.165) is 58.9 Å². The van der Waals surface area contributed by atoms with Gasteiger partial charge in [0.05, 0.1) is 13.5 Å². The highest BCUT2D eigenvalue weighted by molar-refractivity contribution is 5.98. The third-order valence-corrected chi connectivity index (χ3v) is 13.9. The van der Waals surface area contributed by atoms with Gasteiger partial charge in [0, 0.05) is 35.0 Å². The first kappa shape index (κ1) is 40.2. The Morgan fingerprint density at radius 3 is 2.29 bits per heavy atom. The van der Waals surface area contributed by atoms with Gasteiger partial charge in [0.2, 0.25) is 0 Å². The van der Waals surface area contributed by atoms with E-state index in [9.17, 15) is 19.2 Å². The zero-order valence-corrected chi connectivity index (χ0v) is 34.9. The lowest BCUT2D eigenvalue weighted by atomic mass is 9.70. The Labute approximate surface area is 333 Å². The number of fused-ring (bicyclic) bond motifs is 2. The summed E-state index contributed by atoms with van der Waals surface area (Å²) in [6, 6.07) is 8.30. The Kier molecular flexibility index (Phi) is 11.1. The number of esters is 1. The second-order valence-electron chi connectivity index (χ2n) is 19.4. The lowest BCUT2D eigenvalue weighted by molar-refractivity contribution is -0.154. The molecule has 0 amide bonds. The van der Waals surface area contributed by atoms with E-state index in [4.69, 9.17) is 14.2 Å². The van der Waals surface area contributed by atoms with E-state index in [1.54, 1.807) is 20.1 Å². The van der Waals surface area contributed by atoms with Crippen LogP contribution in [-0.2, 0) is 23.9 Å². The van der Waals surface area contributed by atoms with Crippen LogP contribution in [0.4, 0.5) is 0 Å². The fraction of sp³-hybridized carbons (Fsp3) is 0.592. The number of Topliss-reactive ketones (excluding diaryl/α,β-unsaturated/α-hetero) is 3. The van der Waals surface area contributed by atoms with Gasteiger partial charge in [-0.05, 0) is 141 Å². The van der Waals surface area contributed by atoms with E-state index in [1.165, 1.54) is 12.0 Å². The molecule has 0 heterocycles. The number of aryl methyl sites for hydroxylation is 1. The summed E-state index contributed by atoms with van der Waals surface area (Å²) in [5.41, 5.74) is 3.35. The summed E-state index contributed by atoms with van der Waals surface area (Å²) in [6.07, 6.45) is 12.3. The van der Waals surface area contributed by atoms with Crippen LogP contribution in [0.1, 0.15) is 117 Å². The molecular weight excluding hydrogens is 701 g/mol. The van der Waals surface area contributed by atoms with E-state index in [0.29, 0.717) is 42.8 Å². The number of ether oxygens (including phenoxy) is 3. The van der Waals surface area contributed by atoms with Crippen molar-refractivity contribution in [3.63, 3.8) is 0 Å². The second-order valence-corrected chi connectivity index (χ2v) is 19.4. The first-order valence-electron chi connectivity index (χ1n) is 21.1. The van der Waals surface area contributed by atoms with Crippen molar-refractivity contribution in [2.24, 2.45) is 52.3 Å². The number of carbonyl (C=O) groups excluding carboxylic acids is 4. The van der Waals surface area contributed by atoms with Crippen LogP contribution >= 0.6 is 0 Å². The zero-order chi connectivity index (χ0) is 40.3. The van der Waals surface area contributed by atoms with Crippen LogP contribution in [0, 0.1) is 59.2 Å². The maximum Gasteiger partial charge on any atom is 0.306 e. The molecule has 0 N–H and O–H groups in total. The minimum absolute atomic E-state index is 0.00909. The molecule has 5 aliphatic rings. The molecular formula is C49H62O7. The summed E-state index contributed by atoms with van der Waals surface area (Å²) in [4.78, 5) is 55.8. The minimum Gasteiger partial charge on any atom is -0.496 e. The molecule has 0 saturated heterocycles. The van der Waals surface area contributed by atoms with Gasteiger partial charge in [-0.3, -0.25) is 19.2 Å². The van der Waals surface area contributed by atoms with Gasteiger partial charge in [-0.15, -0.1) is 6.58 Å². The van der Waals surface area contributed by atoms with Crippen LogP contribution in [0.25, 0.3) is 16.3 Å². The van der Waals surface area contributed by atoms with Crippen molar-refractivity contribution in [3.8, 4) is 11.5 Å². The molecule has 2 aromatic rings. The van der Waals surface area contributed by atoms with Gasteiger partial charge in [0.15, 0.2) is 0 Å². The fourth-order valence-corrected chi connectivity index (χ4v) is 10.5. The topological polar surface area (TPSA) is 96.0 Å². The molecule has 56 heavy (non-hydrogen) atoms. The Bertz CT molecular complexity index is 1980. The highest BCUT2D eigenvalue weighted by Crippen LogP contribution is 2.58. The average Bonchev–Trinajstić information content (AvgIpc) is 3.80. The molecule has 8 unspecified atom stereocenters. The standard InChI is InChI=1S/C49H62O7/c1-10-35-25-49(35,29(5)50)26-43(51)40-22-37(23-41(40)47(53)42(48(6,7)8)24-46(52)56-36-18-32-17-33(32)19-36)55-45-21-34(31-12-11-30(16-31)15-27(2)3)20-39-28(4)44(54-9)14-13-38(39)45/h10,12-14,16,20-21,27,32-33,35-37,40-42H,1,11,15,17-19,22-26H2,2-9H3. The van der Waals surface area contributed by atoms with E-state index < -0.39 is 34.7 Å². The summed E-state index contributed by atoms with van der Waals surface area (Å²) < 4.78 is 18.7. The number of hydrogen-bond donors (Lipinski definition) is 0. The Morgan fingerprint density at radius 2 is 1.66 bits per heavy atom. The van der Waals surface area contributed by atoms with Crippen LogP contribution in [0.2, 0.25) is 0 Å². The van der Waals surface area contributed by atoms with Gasteiger partial charge in [-0.2, -0.15) is 0 Å². The lowest BCUT2D eigenvalue weighted by Crippen LogP contribution is -2.39. The van der Waals surface area contributed by atoms with E-state index in [-0.39, 0.29) is 48.2 Å². The number of carbonyl (C=O) groups is 4. The molecule has 5 aliphatic carbocycles. The molecule has 4 fully saturated rings. The fourth-order valence-electron chi connectivity index (χ4n) is 10.5. The molecule has 300 valence electrons. The Hall–Kier alpha value is -4.00. The normalized spacial score (nSPS) is 29.7. The molecule has 7 rings (SSSR count). The van der Waals surface area contributed by atoms with Crippen molar-refractivity contribution in [2.45, 2.75) is 125 Å². The van der Waals surface area contributed by atoms with Gasteiger partial charge in [0.1, 0.15) is 41.1 Å². The van der Waals surface area contributed by atoms with Gasteiger partial charge in [0.25, 0.3) is 0 Å². The third-order valence-electron chi connectivity index (χ3n) is 13.9. The van der Waals surface area contributed by atoms with Crippen LogP contribution in [-0.4, -0.2) is 42.6 Å². The van der Waals surface area contributed by atoms with Crippen molar-refractivity contribution in [1.29, 1.82) is 0 Å². The molecule has 4 saturated carbocycles. The summed E-state index contributed by atoms with van der Waals surface area (Å²) in [7, 11) is 1.68. The first-order valence-corrected chi connectivity index (χ1v) is 21.1. The SMILES string of the molecule is C=CC1CC1(CC(=O)C1CC(Oc2cc(C3=CCC(CC(C)C)=C3)cc3c(C)c(OC)ccc23)CC1C(=O)C(CC(=O)OC1CC2CC2C1)C(C)(C)C)C(C)=O. The number of allylic oxidation sites excluding steroid dienone is 5. The molecule has 0 aromatic heterocycles. The average molecular weight is 763 g/mol. The van der Waals surface area contributed by atoms with E-state index >= 15 is 0 Å². The third kappa shape index (κ3) is 8.07. The van der Waals surface area contributed by atoms with Gasteiger partial charge in [-0.1, -0.05) is 58.4 Å². The smallest absolute Gasteiger partial charge is 0.306 e. The quantitative estimate of drug-likeness (QED) is 0.124. The molecule has 7 nitrogen and oxygen atoms in total. The maximum absolute atomic E-state index is 14.9. The van der Waals surface area contributed by atoms with Crippen molar-refractivity contribution in [1.82, 2.24) is 0 Å². The number of ketones is 3. The predicted molar refractivity (Wildman–Crippen MR) is 220 cm³/mol. The van der Waals surface area contributed by atoms with Crippen LogP contribution < -0.4 is 9.47 Å². The monoisotopic (exact) mass is 762 g/mol. The highest BCUT2D eigenvalue weighted by Gasteiger charge is 2.59. The molecule has 7 heteroatoms. The number of hydrogen-bond acceptors (Lipinski definition) is 7. The molecule has 8 atom stereocenters. The lowest BCUT2D eigenvalue weighted by Gasteiger charge is -2.32. The summed E-state index contributed by atoms with van der Waals surface area (Å²) >= 11 is 0. The summed E-state index contributed by atoms with van der Waals surface area (Å²) in [6.45, 7) is 18.0. The minimum atomic E-state index is -0.751. The van der Waals surface area contributed by atoms with Crippen LogP contribution in [0.5, 0.6) is 11.5 Å². The second kappa shape index (κ2) is 15.4. The largest absolute Gasteiger partial charge is 0.496 e. The predicted octanol–water partition coefficient (Wildman–Crippen LogP) is 10.4.